The molecule has 0 amide bonds. The van der Waals surface area contributed by atoms with Crippen LogP contribution in [0.15, 0.2) is 16.6 Å². The topological polar surface area (TPSA) is 41.6 Å². The fourth-order valence-electron chi connectivity index (χ4n) is 2.32. The summed E-state index contributed by atoms with van der Waals surface area (Å²) >= 11 is 3.48. The van der Waals surface area contributed by atoms with Crippen molar-refractivity contribution >= 4 is 27.6 Å². The van der Waals surface area contributed by atoms with Crippen molar-refractivity contribution in [2.75, 3.05) is 37.7 Å². The number of rotatable bonds is 3. The van der Waals surface area contributed by atoms with Gasteiger partial charge in [0, 0.05) is 36.3 Å². The maximum Gasteiger partial charge on any atom is 0.338 e. The van der Waals surface area contributed by atoms with Crippen molar-refractivity contribution in [3.63, 3.8) is 0 Å². The minimum absolute atomic E-state index is 0.252. The molecule has 0 saturated carbocycles. The Morgan fingerprint density at radius 3 is 2.74 bits per heavy atom. The molecule has 0 bridgehead atoms. The van der Waals surface area contributed by atoms with Crippen molar-refractivity contribution in [2.45, 2.75) is 13.8 Å². The number of nitrogens with zero attached hydrogens (tertiary/aromatic N) is 1. The average molecular weight is 327 g/mol. The highest BCUT2D eigenvalue weighted by molar-refractivity contribution is 9.10. The molecule has 5 heteroatoms. The third-order valence-electron chi connectivity index (χ3n) is 3.30. The minimum atomic E-state index is -0.252. The molecule has 0 spiro atoms. The van der Waals surface area contributed by atoms with Gasteiger partial charge in [-0.05, 0) is 31.5 Å². The Hall–Kier alpha value is -1.07. The van der Waals surface area contributed by atoms with E-state index in [-0.39, 0.29) is 5.97 Å². The van der Waals surface area contributed by atoms with Crippen LogP contribution >= 0.6 is 15.9 Å². The number of anilines is 1. The van der Waals surface area contributed by atoms with Gasteiger partial charge in [0.25, 0.3) is 0 Å². The van der Waals surface area contributed by atoms with Gasteiger partial charge in [0.05, 0.1) is 12.2 Å². The number of carbonyl (C=O) groups is 1. The number of benzene rings is 1. The van der Waals surface area contributed by atoms with Gasteiger partial charge in [0.15, 0.2) is 0 Å². The van der Waals surface area contributed by atoms with E-state index in [1.807, 2.05) is 19.9 Å². The van der Waals surface area contributed by atoms with Gasteiger partial charge in [-0.25, -0.2) is 4.79 Å². The van der Waals surface area contributed by atoms with Gasteiger partial charge in [-0.1, -0.05) is 15.9 Å². The number of carbonyl (C=O) groups excluding carboxylic acids is 1. The fourth-order valence-corrected chi connectivity index (χ4v) is 2.77. The molecule has 19 heavy (non-hydrogen) atoms. The summed E-state index contributed by atoms with van der Waals surface area (Å²) in [5.74, 6) is -0.252. The third-order valence-corrected chi connectivity index (χ3v) is 3.76. The molecule has 2 rings (SSSR count). The van der Waals surface area contributed by atoms with Gasteiger partial charge in [-0.3, -0.25) is 0 Å². The first kappa shape index (κ1) is 14.3. The molecule has 0 atom stereocenters. The predicted molar refractivity (Wildman–Crippen MR) is 79.9 cm³/mol. The highest BCUT2D eigenvalue weighted by Gasteiger charge is 2.19. The Morgan fingerprint density at radius 1 is 1.42 bits per heavy atom. The van der Waals surface area contributed by atoms with Crippen LogP contribution in [0.5, 0.6) is 0 Å². The van der Waals surface area contributed by atoms with Gasteiger partial charge in [0.1, 0.15) is 0 Å². The third kappa shape index (κ3) is 3.28. The van der Waals surface area contributed by atoms with E-state index >= 15 is 0 Å². The minimum Gasteiger partial charge on any atom is -0.462 e. The standard InChI is InChI=1S/C14H19BrN2O2/c1-3-19-14(18)12-8-11(15)9-13(10(12)2)17-6-4-16-5-7-17/h8-9,16H,3-7H2,1-2H3. The molecule has 4 nitrogen and oxygen atoms in total. The summed E-state index contributed by atoms with van der Waals surface area (Å²) < 4.78 is 6.03. The Morgan fingerprint density at radius 2 is 2.11 bits per heavy atom. The smallest absolute Gasteiger partial charge is 0.338 e. The van der Waals surface area contributed by atoms with Gasteiger partial charge >= 0.3 is 5.97 Å². The highest BCUT2D eigenvalue weighted by Crippen LogP contribution is 2.29. The largest absolute Gasteiger partial charge is 0.462 e. The number of hydrogen-bond donors (Lipinski definition) is 1. The van der Waals surface area contributed by atoms with Crippen molar-refractivity contribution in [1.29, 1.82) is 0 Å². The van der Waals surface area contributed by atoms with E-state index in [1.54, 1.807) is 0 Å². The van der Waals surface area contributed by atoms with E-state index in [1.165, 1.54) is 0 Å². The molecular weight excluding hydrogens is 308 g/mol. The van der Waals surface area contributed by atoms with E-state index in [4.69, 9.17) is 4.74 Å². The molecule has 104 valence electrons. The molecule has 1 saturated heterocycles. The predicted octanol–water partition coefficient (Wildman–Crippen LogP) is 2.34. The molecule has 1 fully saturated rings. The van der Waals surface area contributed by atoms with Gasteiger partial charge < -0.3 is 15.0 Å². The summed E-state index contributed by atoms with van der Waals surface area (Å²) in [6.45, 7) is 8.06. The van der Waals surface area contributed by atoms with E-state index in [0.29, 0.717) is 12.2 Å². The number of esters is 1. The lowest BCUT2D eigenvalue weighted by Gasteiger charge is -2.31. The zero-order valence-electron chi connectivity index (χ0n) is 11.3. The first-order valence-electron chi connectivity index (χ1n) is 6.56. The van der Waals surface area contributed by atoms with Crippen LogP contribution in [-0.2, 0) is 4.74 Å². The molecule has 0 aromatic heterocycles. The Bertz CT molecular complexity index is 471. The summed E-state index contributed by atoms with van der Waals surface area (Å²) in [4.78, 5) is 14.3. The zero-order chi connectivity index (χ0) is 13.8. The monoisotopic (exact) mass is 326 g/mol. The molecule has 1 aromatic carbocycles. The number of halogens is 1. The SMILES string of the molecule is CCOC(=O)c1cc(Br)cc(N2CCNCC2)c1C. The quantitative estimate of drug-likeness (QED) is 0.866. The molecule has 0 unspecified atom stereocenters. The number of nitrogens with one attached hydrogen (secondary N) is 1. The van der Waals surface area contributed by atoms with E-state index in [2.05, 4.69) is 32.2 Å². The first-order chi connectivity index (χ1) is 9.13. The van der Waals surface area contributed by atoms with E-state index in [0.717, 1.165) is 41.9 Å². The number of ether oxygens (including phenoxy) is 1. The molecule has 0 radical (unpaired) electrons. The Labute approximate surface area is 122 Å². The first-order valence-corrected chi connectivity index (χ1v) is 7.35. The molecule has 1 aliphatic heterocycles. The lowest BCUT2D eigenvalue weighted by Crippen LogP contribution is -2.43. The summed E-state index contributed by atoms with van der Waals surface area (Å²) in [5, 5.41) is 3.33. The van der Waals surface area contributed by atoms with E-state index in [9.17, 15) is 4.79 Å². The van der Waals surface area contributed by atoms with Crippen LogP contribution in [0.25, 0.3) is 0 Å². The van der Waals surface area contributed by atoms with Crippen molar-refractivity contribution in [1.82, 2.24) is 5.32 Å². The second kappa shape index (κ2) is 6.39. The van der Waals surface area contributed by atoms with Crippen LogP contribution in [0.1, 0.15) is 22.8 Å². The fraction of sp³-hybridized carbons (Fsp3) is 0.500. The highest BCUT2D eigenvalue weighted by atomic mass is 79.9. The molecule has 1 heterocycles. The molecular formula is C14H19BrN2O2. The van der Waals surface area contributed by atoms with Gasteiger partial charge in [0.2, 0.25) is 0 Å². The molecule has 1 aliphatic rings. The van der Waals surface area contributed by atoms with Crippen LogP contribution in [0.2, 0.25) is 0 Å². The van der Waals surface area contributed by atoms with Crippen LogP contribution in [-0.4, -0.2) is 38.8 Å². The van der Waals surface area contributed by atoms with Crippen LogP contribution in [0.3, 0.4) is 0 Å². The normalized spacial score (nSPS) is 15.4. The Kier molecular flexibility index (Phi) is 4.82. The lowest BCUT2D eigenvalue weighted by molar-refractivity contribution is 0.0525. The second-order valence-corrected chi connectivity index (χ2v) is 5.47. The maximum atomic E-state index is 12.0. The van der Waals surface area contributed by atoms with Gasteiger partial charge in [-0.15, -0.1) is 0 Å². The average Bonchev–Trinajstić information content (AvgIpc) is 2.42. The van der Waals surface area contributed by atoms with Crippen molar-refractivity contribution in [3.05, 3.63) is 27.7 Å². The van der Waals surface area contributed by atoms with E-state index < -0.39 is 0 Å². The van der Waals surface area contributed by atoms with Crippen molar-refractivity contribution < 1.29 is 9.53 Å². The molecule has 1 N–H and O–H groups in total. The summed E-state index contributed by atoms with van der Waals surface area (Å²) in [7, 11) is 0. The number of piperazine rings is 1. The lowest BCUT2D eigenvalue weighted by atomic mass is 10.1. The second-order valence-electron chi connectivity index (χ2n) is 4.55. The van der Waals surface area contributed by atoms with Crippen LogP contribution in [0.4, 0.5) is 5.69 Å². The molecule has 1 aromatic rings. The van der Waals surface area contributed by atoms with Gasteiger partial charge in [-0.2, -0.15) is 0 Å². The Balaban J connectivity index is 2.35. The number of hydrogen-bond acceptors (Lipinski definition) is 4. The van der Waals surface area contributed by atoms with Crippen LogP contribution in [0, 0.1) is 6.92 Å². The summed E-state index contributed by atoms with van der Waals surface area (Å²) in [6.07, 6.45) is 0. The molecule has 0 aliphatic carbocycles. The maximum absolute atomic E-state index is 12.0. The summed E-state index contributed by atoms with van der Waals surface area (Å²) in [5.41, 5.74) is 2.74. The summed E-state index contributed by atoms with van der Waals surface area (Å²) in [6, 6.07) is 3.91. The van der Waals surface area contributed by atoms with Crippen LogP contribution < -0.4 is 10.2 Å². The van der Waals surface area contributed by atoms with Crippen molar-refractivity contribution in [2.24, 2.45) is 0 Å². The van der Waals surface area contributed by atoms with Crippen molar-refractivity contribution in [3.8, 4) is 0 Å². The zero-order valence-corrected chi connectivity index (χ0v) is 12.9.